The van der Waals surface area contributed by atoms with E-state index in [0.717, 1.165) is 12.1 Å². The number of hydrogen-bond donors (Lipinski definition) is 1. The smallest absolute Gasteiger partial charge is 0.0448 e. The summed E-state index contributed by atoms with van der Waals surface area (Å²) in [5.41, 5.74) is 8.90. The first-order valence-corrected chi connectivity index (χ1v) is 6.16. The molecular formula is C15H20N2. The summed E-state index contributed by atoms with van der Waals surface area (Å²) >= 11 is 0. The molecule has 0 fully saturated rings. The number of hydrogen-bond acceptors (Lipinski definition) is 1. The second kappa shape index (κ2) is 4.36. The Morgan fingerprint density at radius 3 is 2.41 bits per heavy atom. The molecule has 1 aromatic rings. The van der Waals surface area contributed by atoms with E-state index in [1.165, 1.54) is 33.7 Å². The van der Waals surface area contributed by atoms with Crippen molar-refractivity contribution in [1.29, 1.82) is 0 Å². The van der Waals surface area contributed by atoms with Crippen LogP contribution in [0.2, 0.25) is 0 Å². The molecule has 90 valence electrons. The van der Waals surface area contributed by atoms with Crippen LogP contribution in [0.25, 0.3) is 6.08 Å². The van der Waals surface area contributed by atoms with Gasteiger partial charge < -0.3 is 4.98 Å². The van der Waals surface area contributed by atoms with Crippen molar-refractivity contribution >= 4 is 11.8 Å². The average Bonchev–Trinajstić information content (AvgIpc) is 2.73. The monoisotopic (exact) mass is 228 g/mol. The molecule has 2 heteroatoms. The number of aryl methyl sites for hydroxylation is 1. The molecule has 0 saturated heterocycles. The van der Waals surface area contributed by atoms with Crippen LogP contribution in [0.1, 0.15) is 43.3 Å². The Balaban J connectivity index is 2.47. The van der Waals surface area contributed by atoms with Crippen molar-refractivity contribution in [2.24, 2.45) is 4.99 Å². The molecule has 0 amide bonds. The second-order valence-electron chi connectivity index (χ2n) is 4.71. The SMILES string of the molecule is CCc1c(C)[nH]c(C=C2C(C)=CN=C2C)c1C. The first-order chi connectivity index (χ1) is 8.04. The van der Waals surface area contributed by atoms with Gasteiger partial charge >= 0.3 is 0 Å². The summed E-state index contributed by atoms with van der Waals surface area (Å²) in [6.45, 7) is 10.7. The van der Waals surface area contributed by atoms with Gasteiger partial charge in [-0.2, -0.15) is 0 Å². The Hall–Kier alpha value is -1.57. The zero-order valence-corrected chi connectivity index (χ0v) is 11.3. The van der Waals surface area contributed by atoms with Crippen molar-refractivity contribution < 1.29 is 0 Å². The fourth-order valence-electron chi connectivity index (χ4n) is 2.47. The van der Waals surface area contributed by atoms with E-state index in [2.05, 4.69) is 50.7 Å². The Bertz CT molecular complexity index is 520. The molecule has 17 heavy (non-hydrogen) atoms. The number of nitrogens with zero attached hydrogens (tertiary/aromatic N) is 1. The molecular weight excluding hydrogens is 208 g/mol. The van der Waals surface area contributed by atoms with E-state index in [1.54, 1.807) is 0 Å². The highest BCUT2D eigenvalue weighted by molar-refractivity contribution is 6.08. The van der Waals surface area contributed by atoms with Crippen LogP contribution in [-0.4, -0.2) is 10.7 Å². The Morgan fingerprint density at radius 2 is 1.94 bits per heavy atom. The number of rotatable bonds is 2. The second-order valence-corrected chi connectivity index (χ2v) is 4.71. The van der Waals surface area contributed by atoms with Crippen LogP contribution in [0, 0.1) is 13.8 Å². The molecule has 0 aromatic carbocycles. The van der Waals surface area contributed by atoms with Crippen LogP contribution in [-0.2, 0) is 6.42 Å². The molecule has 0 aliphatic carbocycles. The third kappa shape index (κ3) is 1.99. The quantitative estimate of drug-likeness (QED) is 0.793. The first-order valence-electron chi connectivity index (χ1n) is 6.16. The Kier molecular flexibility index (Phi) is 3.05. The number of aromatic amines is 1. The van der Waals surface area contributed by atoms with Gasteiger partial charge in [0.15, 0.2) is 0 Å². The minimum atomic E-state index is 1.08. The summed E-state index contributed by atoms with van der Waals surface area (Å²) < 4.78 is 0. The lowest BCUT2D eigenvalue weighted by Crippen LogP contribution is -1.94. The number of aliphatic imine (C=N–C) groups is 1. The van der Waals surface area contributed by atoms with Crippen LogP contribution in [0.3, 0.4) is 0 Å². The lowest BCUT2D eigenvalue weighted by molar-refractivity contribution is 1.08. The molecule has 1 aromatic heterocycles. The summed E-state index contributed by atoms with van der Waals surface area (Å²) in [5.74, 6) is 0. The molecule has 1 aliphatic heterocycles. The minimum Gasteiger partial charge on any atom is -0.359 e. The molecule has 2 nitrogen and oxygen atoms in total. The molecule has 1 aliphatic rings. The van der Waals surface area contributed by atoms with Crippen molar-refractivity contribution in [3.05, 3.63) is 39.9 Å². The molecule has 1 N–H and O–H groups in total. The molecule has 2 rings (SSSR count). The van der Waals surface area contributed by atoms with Gasteiger partial charge in [0.2, 0.25) is 0 Å². The van der Waals surface area contributed by atoms with Crippen LogP contribution < -0.4 is 0 Å². The molecule has 0 bridgehead atoms. The van der Waals surface area contributed by atoms with E-state index in [-0.39, 0.29) is 0 Å². The molecule has 0 unspecified atom stereocenters. The van der Waals surface area contributed by atoms with Gasteiger partial charge in [0, 0.05) is 28.9 Å². The van der Waals surface area contributed by atoms with Gasteiger partial charge in [-0.1, -0.05) is 6.92 Å². The zero-order valence-electron chi connectivity index (χ0n) is 11.3. The fraction of sp³-hybridized carbons (Fsp3) is 0.400. The average molecular weight is 228 g/mol. The van der Waals surface area contributed by atoms with E-state index in [9.17, 15) is 0 Å². The van der Waals surface area contributed by atoms with Crippen molar-refractivity contribution in [3.8, 4) is 0 Å². The van der Waals surface area contributed by atoms with E-state index in [0.29, 0.717) is 0 Å². The maximum Gasteiger partial charge on any atom is 0.0448 e. The first kappa shape index (κ1) is 11.9. The van der Waals surface area contributed by atoms with E-state index in [4.69, 9.17) is 0 Å². The Labute approximate surface area is 103 Å². The van der Waals surface area contributed by atoms with Gasteiger partial charge in [-0.3, -0.25) is 4.99 Å². The normalized spacial score (nSPS) is 17.6. The van der Waals surface area contributed by atoms with Gasteiger partial charge in [-0.25, -0.2) is 0 Å². The number of aromatic nitrogens is 1. The minimum absolute atomic E-state index is 1.08. The van der Waals surface area contributed by atoms with Gasteiger partial charge in [0.05, 0.1) is 0 Å². The van der Waals surface area contributed by atoms with Crippen molar-refractivity contribution in [1.82, 2.24) is 4.98 Å². The van der Waals surface area contributed by atoms with Crippen LogP contribution in [0.4, 0.5) is 0 Å². The third-order valence-corrected chi connectivity index (χ3v) is 3.54. The van der Waals surface area contributed by atoms with E-state index in [1.807, 2.05) is 6.20 Å². The molecule has 0 spiro atoms. The summed E-state index contributed by atoms with van der Waals surface area (Å²) in [4.78, 5) is 7.82. The maximum atomic E-state index is 4.35. The van der Waals surface area contributed by atoms with Crippen molar-refractivity contribution in [3.63, 3.8) is 0 Å². The molecule has 0 atom stereocenters. The summed E-state index contributed by atoms with van der Waals surface area (Å²) in [6, 6.07) is 0. The van der Waals surface area contributed by atoms with Crippen molar-refractivity contribution in [2.75, 3.05) is 0 Å². The lowest BCUT2D eigenvalue weighted by atomic mass is 10.0. The summed E-state index contributed by atoms with van der Waals surface area (Å²) in [5, 5.41) is 0. The Morgan fingerprint density at radius 1 is 1.24 bits per heavy atom. The maximum absolute atomic E-state index is 4.35. The van der Waals surface area contributed by atoms with Crippen molar-refractivity contribution in [2.45, 2.75) is 41.0 Å². The molecule has 2 heterocycles. The fourth-order valence-corrected chi connectivity index (χ4v) is 2.47. The lowest BCUT2D eigenvalue weighted by Gasteiger charge is -2.01. The predicted molar refractivity (Wildman–Crippen MR) is 74.5 cm³/mol. The predicted octanol–water partition coefficient (Wildman–Crippen LogP) is 3.96. The van der Waals surface area contributed by atoms with Gasteiger partial charge in [-0.15, -0.1) is 0 Å². The van der Waals surface area contributed by atoms with Gasteiger partial charge in [0.25, 0.3) is 0 Å². The van der Waals surface area contributed by atoms with Crippen LogP contribution in [0.5, 0.6) is 0 Å². The van der Waals surface area contributed by atoms with Crippen LogP contribution >= 0.6 is 0 Å². The summed E-state index contributed by atoms with van der Waals surface area (Å²) in [7, 11) is 0. The molecule has 0 radical (unpaired) electrons. The largest absolute Gasteiger partial charge is 0.359 e. The topological polar surface area (TPSA) is 28.1 Å². The number of H-pyrrole nitrogens is 1. The number of allylic oxidation sites excluding steroid dienone is 2. The van der Waals surface area contributed by atoms with Crippen LogP contribution in [0.15, 0.2) is 22.3 Å². The highest BCUT2D eigenvalue weighted by Gasteiger charge is 2.13. The highest BCUT2D eigenvalue weighted by atomic mass is 14.8. The number of nitrogens with one attached hydrogen (secondary N) is 1. The van der Waals surface area contributed by atoms with E-state index >= 15 is 0 Å². The third-order valence-electron chi connectivity index (χ3n) is 3.54. The highest BCUT2D eigenvalue weighted by Crippen LogP contribution is 2.25. The zero-order chi connectivity index (χ0) is 12.6. The molecule has 0 saturated carbocycles. The standard InChI is InChI=1S/C15H20N2/c1-6-13-10(3)15(17-12(13)5)7-14-9(2)8-16-11(14)4/h7-8,17H,6H2,1-5H3. The van der Waals surface area contributed by atoms with E-state index < -0.39 is 0 Å². The van der Waals surface area contributed by atoms with Gasteiger partial charge in [-0.05, 0) is 56.9 Å². The van der Waals surface area contributed by atoms with Gasteiger partial charge in [0.1, 0.15) is 0 Å². The summed E-state index contributed by atoms with van der Waals surface area (Å²) in [6.07, 6.45) is 5.24.